The van der Waals surface area contributed by atoms with E-state index in [1.807, 2.05) is 0 Å². The maximum Gasteiger partial charge on any atom is 0.339 e. The van der Waals surface area contributed by atoms with E-state index in [1.165, 1.54) is 0 Å². The first kappa shape index (κ1) is 24.2. The maximum atomic E-state index is 9.34. The Morgan fingerprint density at radius 3 is 0.750 bits per heavy atom. The summed E-state index contributed by atoms with van der Waals surface area (Å²) in [5.41, 5.74) is 0. The Morgan fingerprint density at radius 2 is 0.750 bits per heavy atom. The third kappa shape index (κ3) is 77.2. The minimum atomic E-state index is -0.690. The van der Waals surface area contributed by atoms with E-state index in [2.05, 4.69) is 14.7 Å². The van der Waals surface area contributed by atoms with Crippen molar-refractivity contribution in [2.75, 3.05) is 0 Å². The van der Waals surface area contributed by atoms with Crippen molar-refractivity contribution in [2.45, 2.75) is 20.8 Å². The van der Waals surface area contributed by atoms with E-state index in [9.17, 15) is 14.4 Å². The van der Waals surface area contributed by atoms with E-state index in [0.29, 0.717) is 0 Å². The van der Waals surface area contributed by atoms with Crippen LogP contribution < -0.4 is 0 Å². The third-order valence-electron chi connectivity index (χ3n) is 0.386. The molecule has 0 radical (unpaired) electrons. The second-order valence-corrected chi connectivity index (χ2v) is 1.75. The summed E-state index contributed by atoms with van der Waals surface area (Å²) in [5.74, 6) is -2.07. The van der Waals surface area contributed by atoms with Crippen LogP contribution in [0.4, 0.5) is 0 Å². The summed E-state index contributed by atoms with van der Waals surface area (Å²) in [4.78, 5) is 37.4. The molecule has 0 saturated heterocycles. The van der Waals surface area contributed by atoms with Gasteiger partial charge < -0.3 is 14.7 Å². The van der Waals surface area contributed by atoms with Gasteiger partial charge >= 0.3 is 17.9 Å². The fourth-order valence-corrected chi connectivity index (χ4v) is 0. The van der Waals surface area contributed by atoms with Crippen molar-refractivity contribution >= 4 is 17.9 Å². The molecule has 0 fully saturated rings. The van der Waals surface area contributed by atoms with Gasteiger partial charge in [0.2, 0.25) is 0 Å². The van der Waals surface area contributed by atoms with Crippen LogP contribution in [0.2, 0.25) is 0 Å². The molecule has 0 aliphatic heterocycles. The summed E-state index contributed by atoms with van der Waals surface area (Å²) < 4.78 is 0. The minimum Gasteiger partial charge on any atom is -0.301 e. The van der Waals surface area contributed by atoms with Crippen LogP contribution in [0.25, 0.3) is 0 Å². The van der Waals surface area contributed by atoms with Crippen LogP contribution >= 0.6 is 0 Å². The SMILES string of the molecule is CC(=O)OO.CC(=O)OO.CC(=O)OO.[Fe]. The van der Waals surface area contributed by atoms with Gasteiger partial charge in [-0.05, 0) is 0 Å². The van der Waals surface area contributed by atoms with Crippen molar-refractivity contribution in [1.29, 1.82) is 0 Å². The molecular weight excluding hydrogens is 272 g/mol. The van der Waals surface area contributed by atoms with Gasteiger partial charge in [0.1, 0.15) is 0 Å². The van der Waals surface area contributed by atoms with Crippen LogP contribution in [0.15, 0.2) is 0 Å². The minimum absolute atomic E-state index is 0. The Balaban J connectivity index is -0.0000000655. The van der Waals surface area contributed by atoms with Crippen LogP contribution in [0, 0.1) is 0 Å². The molecule has 0 aliphatic rings. The van der Waals surface area contributed by atoms with E-state index in [-0.39, 0.29) is 17.1 Å². The molecule has 3 N–H and O–H groups in total. The number of carbonyl (C=O) groups excluding carboxylic acids is 3. The van der Waals surface area contributed by atoms with E-state index in [4.69, 9.17) is 15.8 Å². The fourth-order valence-electron chi connectivity index (χ4n) is 0. The summed E-state index contributed by atoms with van der Waals surface area (Å²) >= 11 is 0. The predicted molar refractivity (Wildman–Crippen MR) is 43.2 cm³/mol. The largest absolute Gasteiger partial charge is 0.339 e. The number of rotatable bonds is 0. The molecule has 0 heterocycles. The first-order valence-corrected chi connectivity index (χ1v) is 3.27. The molecule has 0 aromatic heterocycles. The normalized spacial score (nSPS) is 6.38. The van der Waals surface area contributed by atoms with Gasteiger partial charge in [0, 0.05) is 37.8 Å². The molecule has 10 heteroatoms. The van der Waals surface area contributed by atoms with Crippen LogP contribution in [-0.2, 0) is 46.1 Å². The van der Waals surface area contributed by atoms with Gasteiger partial charge in [-0.3, -0.25) is 0 Å². The summed E-state index contributed by atoms with van der Waals surface area (Å²) in [6.07, 6.45) is 0. The van der Waals surface area contributed by atoms with Gasteiger partial charge in [-0.25, -0.2) is 14.4 Å². The Bertz CT molecular complexity index is 159. The average molecular weight is 284 g/mol. The summed E-state index contributed by atoms with van der Waals surface area (Å²) in [6.45, 7) is 3.33. The molecule has 9 nitrogen and oxygen atoms in total. The van der Waals surface area contributed by atoms with Crippen LogP contribution in [0.3, 0.4) is 0 Å². The third-order valence-corrected chi connectivity index (χ3v) is 0.386. The van der Waals surface area contributed by atoms with Crippen molar-refractivity contribution in [3.8, 4) is 0 Å². The molecule has 0 rings (SSSR count). The zero-order chi connectivity index (χ0) is 12.9. The molecular formula is C6H12FeO9. The monoisotopic (exact) mass is 284 g/mol. The first-order chi connectivity index (χ1) is 6.81. The summed E-state index contributed by atoms with van der Waals surface area (Å²) in [5, 5.41) is 21.9. The smallest absolute Gasteiger partial charge is 0.301 e. The van der Waals surface area contributed by atoms with Gasteiger partial charge in [-0.15, -0.1) is 0 Å². The number of hydrogen-bond acceptors (Lipinski definition) is 9. The fraction of sp³-hybridized carbons (Fsp3) is 0.500. The van der Waals surface area contributed by atoms with Gasteiger partial charge in [-0.1, -0.05) is 0 Å². The van der Waals surface area contributed by atoms with E-state index in [1.54, 1.807) is 0 Å². The zero-order valence-electron chi connectivity index (χ0n) is 8.64. The van der Waals surface area contributed by atoms with Gasteiger partial charge in [-0.2, -0.15) is 15.8 Å². The van der Waals surface area contributed by atoms with E-state index in [0.717, 1.165) is 20.8 Å². The van der Waals surface area contributed by atoms with Gasteiger partial charge in [0.05, 0.1) is 0 Å². The van der Waals surface area contributed by atoms with Gasteiger partial charge in [0.25, 0.3) is 0 Å². The van der Waals surface area contributed by atoms with Crippen molar-refractivity contribution < 1.29 is 61.9 Å². The molecule has 0 unspecified atom stereocenters. The van der Waals surface area contributed by atoms with Crippen LogP contribution in [0.1, 0.15) is 20.8 Å². The summed E-state index contributed by atoms with van der Waals surface area (Å²) in [6, 6.07) is 0. The first-order valence-electron chi connectivity index (χ1n) is 3.27. The molecule has 0 spiro atoms. The Labute approximate surface area is 101 Å². The molecule has 0 bridgehead atoms. The average Bonchev–Trinajstić information content (AvgIpc) is 2.19. The van der Waals surface area contributed by atoms with Crippen LogP contribution in [0.5, 0.6) is 0 Å². The molecule has 0 aromatic carbocycles. The molecule has 16 heavy (non-hydrogen) atoms. The zero-order valence-corrected chi connectivity index (χ0v) is 9.75. The van der Waals surface area contributed by atoms with Crippen molar-refractivity contribution in [1.82, 2.24) is 0 Å². The van der Waals surface area contributed by atoms with E-state index >= 15 is 0 Å². The molecule has 0 aliphatic carbocycles. The number of carbonyl (C=O) groups is 3. The van der Waals surface area contributed by atoms with Crippen LogP contribution in [-0.4, -0.2) is 33.7 Å². The Kier molecular flexibility index (Phi) is 29.3. The van der Waals surface area contributed by atoms with Gasteiger partial charge in [0.15, 0.2) is 0 Å². The number of hydrogen-bond donors (Lipinski definition) is 3. The Hall–Kier alpha value is -1.19. The molecule has 0 aromatic rings. The molecule has 0 saturated carbocycles. The molecule has 0 amide bonds. The standard InChI is InChI=1S/3C2H4O3.Fe/c3*1-2(3)5-4;/h3*4H,1H3;. The Morgan fingerprint density at radius 1 is 0.688 bits per heavy atom. The maximum absolute atomic E-state index is 9.34. The van der Waals surface area contributed by atoms with E-state index < -0.39 is 17.9 Å². The predicted octanol–water partition coefficient (Wildman–Crippen LogP) is 0.0650. The quantitative estimate of drug-likeness (QED) is 0.244. The second-order valence-electron chi connectivity index (χ2n) is 1.75. The molecule has 98 valence electrons. The topological polar surface area (TPSA) is 140 Å². The second kappa shape index (κ2) is 19.4. The van der Waals surface area contributed by atoms with Crippen molar-refractivity contribution in [3.63, 3.8) is 0 Å². The summed E-state index contributed by atoms with van der Waals surface area (Å²) in [7, 11) is 0. The van der Waals surface area contributed by atoms with Crippen molar-refractivity contribution in [2.24, 2.45) is 0 Å². The molecule has 0 atom stereocenters. The van der Waals surface area contributed by atoms with Crippen molar-refractivity contribution in [3.05, 3.63) is 0 Å².